The topological polar surface area (TPSA) is 20.3 Å². The van der Waals surface area contributed by atoms with Crippen molar-refractivity contribution in [3.05, 3.63) is 30.3 Å². The molecule has 1 aromatic rings. The second-order valence-corrected chi connectivity index (χ2v) is 7.13. The van der Waals surface area contributed by atoms with Crippen molar-refractivity contribution in [2.75, 3.05) is 33.5 Å². The number of nitrogens with zero attached hydrogens (tertiary/aromatic N) is 1. The van der Waals surface area contributed by atoms with Gasteiger partial charge in [-0.3, -0.25) is 0 Å². The highest BCUT2D eigenvalue weighted by molar-refractivity contribution is 7.70. The van der Waals surface area contributed by atoms with Gasteiger partial charge in [-0.25, -0.2) is 0 Å². The van der Waals surface area contributed by atoms with Gasteiger partial charge in [0.25, 0.3) is 0 Å². The van der Waals surface area contributed by atoms with Crippen LogP contribution in [0.5, 0.6) is 0 Å². The zero-order valence-electron chi connectivity index (χ0n) is 9.10. The third-order valence-electron chi connectivity index (χ3n) is 2.28. The molecule has 1 aromatic carbocycles. The standard InChI is InChI=1S/C11H18NOP/c1-12(2)9-10-14(3,13)11-7-5-4-6-8-11/h4-8H,9-10H2,1-3H3. The van der Waals surface area contributed by atoms with Crippen molar-refractivity contribution in [2.24, 2.45) is 0 Å². The van der Waals surface area contributed by atoms with Gasteiger partial charge in [-0.15, -0.1) is 0 Å². The summed E-state index contributed by atoms with van der Waals surface area (Å²) in [6, 6.07) is 9.75. The smallest absolute Gasteiger partial charge is 0.113 e. The fourth-order valence-electron chi connectivity index (χ4n) is 1.26. The lowest BCUT2D eigenvalue weighted by molar-refractivity contribution is 0.433. The van der Waals surface area contributed by atoms with Crippen molar-refractivity contribution in [3.8, 4) is 0 Å². The van der Waals surface area contributed by atoms with E-state index in [1.165, 1.54) is 0 Å². The van der Waals surface area contributed by atoms with E-state index in [-0.39, 0.29) is 0 Å². The van der Waals surface area contributed by atoms with Crippen LogP contribution >= 0.6 is 7.14 Å². The average molecular weight is 211 g/mol. The molecular weight excluding hydrogens is 193 g/mol. The van der Waals surface area contributed by atoms with Crippen molar-refractivity contribution in [2.45, 2.75) is 0 Å². The molecule has 0 aliphatic rings. The van der Waals surface area contributed by atoms with E-state index < -0.39 is 7.14 Å². The van der Waals surface area contributed by atoms with Crippen molar-refractivity contribution in [1.29, 1.82) is 0 Å². The van der Waals surface area contributed by atoms with Gasteiger partial charge >= 0.3 is 0 Å². The van der Waals surface area contributed by atoms with Gasteiger partial charge in [0.2, 0.25) is 0 Å². The molecule has 0 amide bonds. The molecular formula is C11H18NOP. The van der Waals surface area contributed by atoms with Gasteiger partial charge < -0.3 is 9.46 Å². The third kappa shape index (κ3) is 3.28. The molecule has 1 rings (SSSR count). The Morgan fingerprint density at radius 1 is 1.21 bits per heavy atom. The quantitative estimate of drug-likeness (QED) is 0.708. The van der Waals surface area contributed by atoms with Crippen LogP contribution in [0, 0.1) is 0 Å². The molecule has 0 aromatic heterocycles. The van der Waals surface area contributed by atoms with Gasteiger partial charge in [-0.2, -0.15) is 0 Å². The Bertz CT molecular complexity index is 321. The summed E-state index contributed by atoms with van der Waals surface area (Å²) in [6.07, 6.45) is 0.754. The van der Waals surface area contributed by atoms with E-state index in [0.717, 1.165) is 18.0 Å². The van der Waals surface area contributed by atoms with E-state index in [9.17, 15) is 4.57 Å². The van der Waals surface area contributed by atoms with Crippen LogP contribution < -0.4 is 5.30 Å². The predicted molar refractivity (Wildman–Crippen MR) is 63.0 cm³/mol. The highest BCUT2D eigenvalue weighted by Crippen LogP contribution is 2.39. The van der Waals surface area contributed by atoms with Gasteiger partial charge in [0.15, 0.2) is 0 Å². The molecule has 0 radical (unpaired) electrons. The Kier molecular flexibility index (Phi) is 3.91. The van der Waals surface area contributed by atoms with Crippen LogP contribution in [0.3, 0.4) is 0 Å². The summed E-state index contributed by atoms with van der Waals surface area (Å²) in [7, 11) is 1.87. The minimum absolute atomic E-state index is 0.754. The molecule has 0 bridgehead atoms. The molecule has 0 N–H and O–H groups in total. The lowest BCUT2D eigenvalue weighted by Crippen LogP contribution is -2.19. The first-order valence-electron chi connectivity index (χ1n) is 4.79. The predicted octanol–water partition coefficient (Wildman–Crippen LogP) is 1.87. The zero-order valence-corrected chi connectivity index (χ0v) is 10.00. The van der Waals surface area contributed by atoms with Gasteiger partial charge in [0.1, 0.15) is 7.14 Å². The Morgan fingerprint density at radius 2 is 1.79 bits per heavy atom. The van der Waals surface area contributed by atoms with Crippen LogP contribution in [0.15, 0.2) is 30.3 Å². The van der Waals surface area contributed by atoms with Crippen LogP contribution in [0.1, 0.15) is 0 Å². The van der Waals surface area contributed by atoms with Crippen molar-refractivity contribution in [1.82, 2.24) is 4.90 Å². The summed E-state index contributed by atoms with van der Waals surface area (Å²) in [5, 5.41) is 0.988. The molecule has 1 unspecified atom stereocenters. The second kappa shape index (κ2) is 4.77. The second-order valence-electron chi connectivity index (χ2n) is 3.96. The molecule has 1 atom stereocenters. The fourth-order valence-corrected chi connectivity index (χ4v) is 3.11. The minimum atomic E-state index is -2.14. The molecule has 0 saturated heterocycles. The monoisotopic (exact) mass is 211 g/mol. The van der Waals surface area contributed by atoms with Gasteiger partial charge in [0, 0.05) is 18.0 Å². The first-order valence-corrected chi connectivity index (χ1v) is 7.13. The number of hydrogen-bond donors (Lipinski definition) is 0. The maximum atomic E-state index is 12.3. The summed E-state index contributed by atoms with van der Waals surface area (Å²) in [6.45, 7) is 2.74. The van der Waals surface area contributed by atoms with Crippen molar-refractivity contribution >= 4 is 12.4 Å². The minimum Gasteiger partial charge on any atom is -0.319 e. The molecule has 0 spiro atoms. The molecule has 0 fully saturated rings. The zero-order chi connectivity index (χ0) is 10.6. The lowest BCUT2D eigenvalue weighted by Gasteiger charge is -2.16. The Balaban J connectivity index is 2.71. The van der Waals surface area contributed by atoms with Crippen molar-refractivity contribution < 1.29 is 4.57 Å². The first kappa shape index (κ1) is 11.5. The van der Waals surface area contributed by atoms with Crippen LogP contribution in [0.25, 0.3) is 0 Å². The van der Waals surface area contributed by atoms with Gasteiger partial charge in [-0.05, 0) is 20.8 Å². The lowest BCUT2D eigenvalue weighted by atomic mass is 10.4. The summed E-state index contributed by atoms with van der Waals surface area (Å²) in [5.74, 6) is 0. The van der Waals surface area contributed by atoms with Gasteiger partial charge in [0.05, 0.1) is 0 Å². The number of rotatable bonds is 4. The van der Waals surface area contributed by atoms with Crippen LogP contribution in [0.4, 0.5) is 0 Å². The molecule has 0 aliphatic carbocycles. The van der Waals surface area contributed by atoms with E-state index in [1.807, 2.05) is 51.1 Å². The van der Waals surface area contributed by atoms with E-state index >= 15 is 0 Å². The Morgan fingerprint density at radius 3 is 2.29 bits per heavy atom. The van der Waals surface area contributed by atoms with Crippen LogP contribution in [0.2, 0.25) is 0 Å². The molecule has 2 nitrogen and oxygen atoms in total. The van der Waals surface area contributed by atoms with Crippen LogP contribution in [-0.4, -0.2) is 38.4 Å². The SMILES string of the molecule is CN(C)CCP(C)(=O)c1ccccc1. The average Bonchev–Trinajstić information content (AvgIpc) is 2.16. The molecule has 0 aliphatic heterocycles. The highest BCUT2D eigenvalue weighted by Gasteiger charge is 2.17. The number of benzene rings is 1. The normalized spacial score (nSPS) is 15.4. The Labute approximate surface area is 86.3 Å². The molecule has 0 saturated carbocycles. The maximum Gasteiger partial charge on any atom is 0.113 e. The van der Waals surface area contributed by atoms with Gasteiger partial charge in [-0.1, -0.05) is 30.3 Å². The molecule has 3 heteroatoms. The fraction of sp³-hybridized carbons (Fsp3) is 0.455. The maximum absolute atomic E-state index is 12.3. The summed E-state index contributed by atoms with van der Waals surface area (Å²) in [4.78, 5) is 2.07. The third-order valence-corrected chi connectivity index (χ3v) is 4.72. The van der Waals surface area contributed by atoms with E-state index in [0.29, 0.717) is 0 Å². The highest BCUT2D eigenvalue weighted by atomic mass is 31.2. The summed E-state index contributed by atoms with van der Waals surface area (Å²) in [5.41, 5.74) is 0. The summed E-state index contributed by atoms with van der Waals surface area (Å²) < 4.78 is 12.3. The molecule has 14 heavy (non-hydrogen) atoms. The van der Waals surface area contributed by atoms with Crippen molar-refractivity contribution in [3.63, 3.8) is 0 Å². The molecule has 0 heterocycles. The van der Waals surface area contributed by atoms with E-state index in [2.05, 4.69) is 4.90 Å². The number of hydrogen-bond acceptors (Lipinski definition) is 2. The largest absolute Gasteiger partial charge is 0.319 e. The molecule has 78 valence electrons. The van der Waals surface area contributed by atoms with Crippen LogP contribution in [-0.2, 0) is 4.57 Å². The first-order chi connectivity index (χ1) is 6.52. The Hall–Kier alpha value is -0.590. The summed E-state index contributed by atoms with van der Waals surface area (Å²) >= 11 is 0. The van der Waals surface area contributed by atoms with E-state index in [4.69, 9.17) is 0 Å². The van der Waals surface area contributed by atoms with E-state index in [1.54, 1.807) is 0 Å².